The van der Waals surface area contributed by atoms with Crippen LogP contribution in [0.2, 0.25) is 19.6 Å². The number of hydrogen-bond donors (Lipinski definition) is 3. The summed E-state index contributed by atoms with van der Waals surface area (Å²) in [4.78, 5) is 14.0. The van der Waals surface area contributed by atoms with Crippen LogP contribution in [0.5, 0.6) is 0 Å². The minimum Gasteiger partial charge on any atom is -0.379 e. The highest BCUT2D eigenvalue weighted by Gasteiger charge is 2.50. The summed E-state index contributed by atoms with van der Waals surface area (Å²) in [5.41, 5.74) is 23.3. The summed E-state index contributed by atoms with van der Waals surface area (Å²) in [7, 11) is -1.46. The van der Waals surface area contributed by atoms with Crippen LogP contribution in [0.4, 0.5) is 13.2 Å². The second-order valence-corrected chi connectivity index (χ2v) is 26.3. The molecule has 3 fully saturated rings. The molecule has 3 heterocycles. The van der Waals surface area contributed by atoms with Gasteiger partial charge in [0, 0.05) is 49.5 Å². The molecule has 9 rings (SSSR count). The van der Waals surface area contributed by atoms with Gasteiger partial charge in [0.2, 0.25) is 0 Å². The molecule has 6 nitrogen and oxygen atoms in total. The summed E-state index contributed by atoms with van der Waals surface area (Å²) in [6.45, 7) is 6.62. The van der Waals surface area contributed by atoms with Gasteiger partial charge in [-0.1, -0.05) is 102 Å². The Balaban J connectivity index is 0.000000137. The highest BCUT2D eigenvalue weighted by molar-refractivity contribution is 9.10. The molecule has 316 valence electrons. The number of halogens is 4. The molecular formula is C46H52BrF3N6S3Si. The first kappa shape index (κ1) is 44.8. The zero-order valence-electron chi connectivity index (χ0n) is 34.3. The molecule has 3 aromatic carbocycles. The van der Waals surface area contributed by atoms with Crippen LogP contribution in [0.25, 0.3) is 0 Å². The van der Waals surface area contributed by atoms with Crippen LogP contribution in [0.3, 0.4) is 0 Å². The standard InChI is InChI=1S/C18H23FN2SSi.C15H15FN2S.C13H14BrFN2S/c1-23(2,3)10-8-13-6-7-16(19)15(11-13)18-9-4-5-14(18)12-22-17(20)21-18;1-2-10-5-6-13(16)12(8-10)15-7-3-4-11(15)9-19-14(17)18-15;14-9-3-4-11(15)10(6-9)13-5-1-2-8(13)7-18-12(16)17-13/h6-7,11,14H,4-5,9,12H2,1-3H3,(H2,20,21);1,5-6,8,11H,3-4,7,9H2,(H2,17,18);3-4,6,8H,1-2,5,7H2,(H2,16,17)/t14-,18-;11-,15-;8-,13-/m000/s1. The van der Waals surface area contributed by atoms with Gasteiger partial charge < -0.3 is 17.2 Å². The van der Waals surface area contributed by atoms with Crippen LogP contribution < -0.4 is 17.2 Å². The van der Waals surface area contributed by atoms with E-state index < -0.39 is 24.7 Å². The third kappa shape index (κ3) is 9.24. The molecule has 0 radical (unpaired) electrons. The number of thioether (sulfide) groups is 3. The van der Waals surface area contributed by atoms with Crippen LogP contribution >= 0.6 is 51.2 Å². The van der Waals surface area contributed by atoms with Crippen LogP contribution in [0.15, 0.2) is 74.0 Å². The molecule has 6 aliphatic rings. The van der Waals surface area contributed by atoms with Crippen molar-refractivity contribution in [3.63, 3.8) is 0 Å². The van der Waals surface area contributed by atoms with E-state index in [1.54, 1.807) is 65.6 Å². The summed E-state index contributed by atoms with van der Waals surface area (Å²) in [6.07, 6.45) is 14.5. The number of hydrogen-bond acceptors (Lipinski definition) is 9. The Morgan fingerprint density at radius 1 is 0.633 bits per heavy atom. The number of benzene rings is 3. The predicted molar refractivity (Wildman–Crippen MR) is 254 cm³/mol. The lowest BCUT2D eigenvalue weighted by atomic mass is 9.81. The van der Waals surface area contributed by atoms with Gasteiger partial charge in [-0.15, -0.1) is 12.0 Å². The first-order chi connectivity index (χ1) is 28.6. The zero-order valence-corrected chi connectivity index (χ0v) is 39.3. The largest absolute Gasteiger partial charge is 0.379 e. The summed E-state index contributed by atoms with van der Waals surface area (Å²) >= 11 is 8.17. The molecule has 0 amide bonds. The molecule has 3 aliphatic heterocycles. The highest BCUT2D eigenvalue weighted by atomic mass is 79.9. The zero-order chi connectivity index (χ0) is 42.9. The molecule has 0 spiro atoms. The van der Waals surface area contributed by atoms with Crippen molar-refractivity contribution in [1.82, 2.24) is 0 Å². The Morgan fingerprint density at radius 2 is 1.02 bits per heavy atom. The number of fused-ring (bicyclic) bond motifs is 3. The molecule has 0 aromatic heterocycles. The first-order valence-corrected chi connectivity index (χ1v) is 27.8. The number of rotatable bonds is 3. The van der Waals surface area contributed by atoms with Crippen molar-refractivity contribution >= 4 is 74.8 Å². The van der Waals surface area contributed by atoms with Gasteiger partial charge in [-0.05, 0) is 111 Å². The summed E-state index contributed by atoms with van der Waals surface area (Å²) < 4.78 is 44.0. The molecule has 0 unspecified atom stereocenters. The maximum Gasteiger partial charge on any atom is 0.154 e. The minimum atomic E-state index is -1.46. The van der Waals surface area contributed by atoms with Gasteiger partial charge in [-0.2, -0.15) is 0 Å². The van der Waals surface area contributed by atoms with Crippen molar-refractivity contribution in [3.05, 3.63) is 104 Å². The van der Waals surface area contributed by atoms with Crippen molar-refractivity contribution in [3.8, 4) is 23.8 Å². The number of terminal acetylenes is 1. The molecule has 60 heavy (non-hydrogen) atoms. The molecule has 6 N–H and O–H groups in total. The van der Waals surface area contributed by atoms with E-state index in [0.29, 0.717) is 55.5 Å². The van der Waals surface area contributed by atoms with E-state index in [-0.39, 0.29) is 17.5 Å². The molecule has 0 saturated heterocycles. The molecule has 0 bridgehead atoms. The van der Waals surface area contributed by atoms with Gasteiger partial charge in [-0.25, -0.2) is 13.2 Å². The third-order valence-corrected chi connectivity index (χ3v) is 16.8. The Bertz CT molecular complexity index is 2340. The van der Waals surface area contributed by atoms with E-state index in [0.717, 1.165) is 85.1 Å². The van der Waals surface area contributed by atoms with Crippen molar-refractivity contribution in [2.24, 2.45) is 49.9 Å². The van der Waals surface area contributed by atoms with Gasteiger partial charge >= 0.3 is 0 Å². The van der Waals surface area contributed by atoms with Crippen molar-refractivity contribution in [2.45, 2.75) is 94.0 Å². The van der Waals surface area contributed by atoms with Crippen LogP contribution in [-0.4, -0.2) is 40.8 Å². The maximum absolute atomic E-state index is 14.6. The Labute approximate surface area is 375 Å². The molecule has 14 heteroatoms. The van der Waals surface area contributed by atoms with E-state index in [1.807, 2.05) is 12.1 Å². The topological polar surface area (TPSA) is 115 Å². The summed E-state index contributed by atoms with van der Waals surface area (Å²) in [5, 5.41) is 1.73. The molecule has 3 saturated carbocycles. The Morgan fingerprint density at radius 3 is 1.43 bits per heavy atom. The fourth-order valence-electron chi connectivity index (χ4n) is 9.75. The van der Waals surface area contributed by atoms with Crippen LogP contribution in [0.1, 0.15) is 85.6 Å². The smallest absolute Gasteiger partial charge is 0.154 e. The van der Waals surface area contributed by atoms with Gasteiger partial charge in [0.1, 0.15) is 25.5 Å². The summed E-state index contributed by atoms with van der Waals surface area (Å²) in [5.74, 6) is 9.14. The Kier molecular flexibility index (Phi) is 13.6. The van der Waals surface area contributed by atoms with E-state index >= 15 is 0 Å². The molecule has 3 aliphatic carbocycles. The number of aliphatic imine (C=N–C) groups is 3. The van der Waals surface area contributed by atoms with E-state index in [2.05, 4.69) is 62.9 Å². The van der Waals surface area contributed by atoms with Gasteiger partial charge in [0.05, 0.1) is 16.6 Å². The normalized spacial score (nSPS) is 29.0. The fraction of sp³-hybridized carbons (Fsp3) is 0.457. The van der Waals surface area contributed by atoms with Crippen molar-refractivity contribution < 1.29 is 13.2 Å². The summed E-state index contributed by atoms with van der Waals surface area (Å²) in [6, 6.07) is 15.2. The first-order valence-electron chi connectivity index (χ1n) is 20.6. The minimum absolute atomic E-state index is 0.173. The lowest BCUT2D eigenvalue weighted by molar-refractivity contribution is 0.341. The molecular weight excluding hydrogens is 898 g/mol. The van der Waals surface area contributed by atoms with Gasteiger partial charge in [0.15, 0.2) is 15.5 Å². The lowest BCUT2D eigenvalue weighted by Gasteiger charge is -2.36. The number of nitrogens with zero attached hydrogens (tertiary/aromatic N) is 3. The number of nitrogens with two attached hydrogens (primary N) is 3. The fourth-order valence-corrected chi connectivity index (χ4v) is 13.8. The molecule has 6 atom stereocenters. The van der Waals surface area contributed by atoms with Crippen LogP contribution in [0, 0.1) is 59.0 Å². The highest BCUT2D eigenvalue weighted by Crippen LogP contribution is 2.54. The monoisotopic (exact) mass is 948 g/mol. The quantitative estimate of drug-likeness (QED) is 0.178. The number of amidine groups is 3. The molecule has 3 aromatic rings. The Hall–Kier alpha value is -3.27. The van der Waals surface area contributed by atoms with Crippen molar-refractivity contribution in [1.29, 1.82) is 0 Å². The average Bonchev–Trinajstić information content (AvgIpc) is 3.96. The van der Waals surface area contributed by atoms with Crippen molar-refractivity contribution in [2.75, 3.05) is 17.3 Å². The van der Waals surface area contributed by atoms with Gasteiger partial charge in [0.25, 0.3) is 0 Å². The third-order valence-electron chi connectivity index (χ3n) is 12.6. The SMILES string of the molecule is C#Cc1ccc(F)c([C@]23CCC[C@H]2CSC(N)=N3)c1.C[Si](C)(C)C#Cc1ccc(F)c([C@]23CCC[C@H]2CSC(N)=N3)c1.NC1=N[C@@]2(c3cc(Br)ccc3F)CCC[C@H]2CS1. The van der Waals surface area contributed by atoms with E-state index in [9.17, 15) is 13.2 Å². The predicted octanol–water partition coefficient (Wildman–Crippen LogP) is 10.6. The van der Waals surface area contributed by atoms with Gasteiger partial charge in [-0.3, -0.25) is 15.0 Å². The maximum atomic E-state index is 14.6. The van der Waals surface area contributed by atoms with E-state index in [1.165, 1.54) is 12.1 Å². The second kappa shape index (κ2) is 18.2. The van der Waals surface area contributed by atoms with E-state index in [4.69, 9.17) is 28.6 Å². The van der Waals surface area contributed by atoms with Crippen LogP contribution in [-0.2, 0) is 16.6 Å². The average molecular weight is 950 g/mol. The second-order valence-electron chi connectivity index (χ2n) is 17.5. The lowest BCUT2D eigenvalue weighted by Crippen LogP contribution is -2.37.